The first kappa shape index (κ1) is 45.8. The zero-order chi connectivity index (χ0) is 45.7. The van der Waals surface area contributed by atoms with Gasteiger partial charge in [-0.05, 0) is 60.7 Å². The maximum atomic E-state index is 13.9. The number of esters is 6. The van der Waals surface area contributed by atoms with Gasteiger partial charge in [0.25, 0.3) is 0 Å². The molecule has 0 aromatic heterocycles. The first-order chi connectivity index (χ1) is 31.6. The molecule has 0 radical (unpaired) electrons. The highest BCUT2D eigenvalue weighted by atomic mass is 16.8. The Morgan fingerprint density at radius 2 is 0.862 bits per heavy atom. The van der Waals surface area contributed by atoms with Crippen LogP contribution in [-0.4, -0.2) is 111 Å². The van der Waals surface area contributed by atoms with Crippen molar-refractivity contribution in [2.75, 3.05) is 20.3 Å². The number of carbonyl (C=O) groups is 6. The molecule has 16 heteroatoms. The molecule has 2 aliphatic rings. The molecular formula is C49H44O16. The fourth-order valence-corrected chi connectivity index (χ4v) is 7.09. The van der Waals surface area contributed by atoms with E-state index in [0.717, 1.165) is 6.92 Å². The molecule has 65 heavy (non-hydrogen) atoms. The van der Waals surface area contributed by atoms with Crippen molar-refractivity contribution in [3.63, 3.8) is 0 Å². The Labute approximate surface area is 373 Å². The third kappa shape index (κ3) is 11.7. The molecule has 7 rings (SSSR count). The van der Waals surface area contributed by atoms with Crippen LogP contribution in [0.25, 0.3) is 0 Å². The van der Waals surface area contributed by atoms with E-state index < -0.39 is 104 Å². The van der Waals surface area contributed by atoms with Crippen molar-refractivity contribution in [3.8, 4) is 0 Å². The molecule has 5 aromatic rings. The van der Waals surface area contributed by atoms with E-state index in [-0.39, 0.29) is 27.8 Å². The lowest BCUT2D eigenvalue weighted by molar-refractivity contribution is -0.352. The van der Waals surface area contributed by atoms with Crippen molar-refractivity contribution in [3.05, 3.63) is 179 Å². The molecule has 0 N–H and O–H groups in total. The maximum absolute atomic E-state index is 13.9. The minimum absolute atomic E-state index is 0.0946. The van der Waals surface area contributed by atoms with Gasteiger partial charge in [-0.3, -0.25) is 4.79 Å². The standard InChI is InChI=1S/C49H44O16/c1-30(50)59-40-38(62-45(53)33-22-12-5-13-23-33)37(28-57-43(51)31-18-8-3-9-19-31)61-48(56-2)42(40)65-49-41(64-47(55)35-26-16-7-17-27-35)39(63-46(54)34-24-14-6-15-25-34)36(29-58-49)60-44(52)32-20-10-4-11-21-32/h3-27,36-42,48-49H,28-29H2,1-2H3/t36-,37-,38-,39+,40+,41-,42+,48+,49+/m1/s1. The Morgan fingerprint density at radius 1 is 0.462 bits per heavy atom. The normalized spacial score (nSPS) is 23.8. The molecule has 16 nitrogen and oxygen atoms in total. The van der Waals surface area contributed by atoms with E-state index >= 15 is 0 Å². The van der Waals surface area contributed by atoms with Gasteiger partial charge in [0.1, 0.15) is 12.7 Å². The number of hydrogen-bond acceptors (Lipinski definition) is 16. The van der Waals surface area contributed by atoms with Gasteiger partial charge in [-0.2, -0.15) is 0 Å². The Kier molecular flexibility index (Phi) is 15.4. The maximum Gasteiger partial charge on any atom is 0.338 e. The summed E-state index contributed by atoms with van der Waals surface area (Å²) in [7, 11) is 1.26. The molecule has 2 heterocycles. The molecule has 0 aliphatic carbocycles. The van der Waals surface area contributed by atoms with Gasteiger partial charge >= 0.3 is 35.8 Å². The Bertz CT molecular complexity index is 2380. The van der Waals surface area contributed by atoms with Gasteiger partial charge in [0, 0.05) is 14.0 Å². The molecule has 2 aliphatic heterocycles. The first-order valence-corrected chi connectivity index (χ1v) is 20.5. The van der Waals surface area contributed by atoms with Crippen molar-refractivity contribution in [2.24, 2.45) is 0 Å². The lowest BCUT2D eigenvalue weighted by Crippen LogP contribution is -2.65. The number of hydrogen-bond donors (Lipinski definition) is 0. The summed E-state index contributed by atoms with van der Waals surface area (Å²) in [6, 6.07) is 39.9. The molecule has 0 spiro atoms. The summed E-state index contributed by atoms with van der Waals surface area (Å²) in [5.74, 6) is -5.00. The summed E-state index contributed by atoms with van der Waals surface area (Å²) in [4.78, 5) is 81.0. The number of ether oxygens (including phenoxy) is 10. The van der Waals surface area contributed by atoms with Crippen molar-refractivity contribution in [1.29, 1.82) is 0 Å². The third-order valence-corrected chi connectivity index (χ3v) is 10.2. The monoisotopic (exact) mass is 888 g/mol. The van der Waals surface area contributed by atoms with Crippen molar-refractivity contribution < 1.29 is 76.1 Å². The predicted octanol–water partition coefficient (Wildman–Crippen LogP) is 5.79. The highest BCUT2D eigenvalue weighted by Gasteiger charge is 2.56. The SMILES string of the molecule is CO[C@H]1O[C@H](COC(=O)c2ccccc2)[C@@H](OC(=O)c2ccccc2)[C@H](OC(C)=O)[C@@H]1O[C@@H]1OC[C@@H](OC(=O)c2ccccc2)[C@H](OC(=O)c2ccccc2)[C@H]1OC(=O)c1ccccc1. The van der Waals surface area contributed by atoms with Crippen LogP contribution in [0.15, 0.2) is 152 Å². The number of rotatable bonds is 15. The Morgan fingerprint density at radius 3 is 1.29 bits per heavy atom. The van der Waals surface area contributed by atoms with Crippen molar-refractivity contribution >= 4 is 35.8 Å². The molecule has 0 saturated carbocycles. The Balaban J connectivity index is 1.25. The number of methoxy groups -OCH3 is 1. The summed E-state index contributed by atoms with van der Waals surface area (Å²) < 4.78 is 60.2. The van der Waals surface area contributed by atoms with Gasteiger partial charge in [-0.25, -0.2) is 24.0 Å². The van der Waals surface area contributed by atoms with Gasteiger partial charge < -0.3 is 47.4 Å². The quantitative estimate of drug-likeness (QED) is 0.0905. The lowest BCUT2D eigenvalue weighted by Gasteiger charge is -2.47. The second-order valence-corrected chi connectivity index (χ2v) is 14.6. The summed E-state index contributed by atoms with van der Waals surface area (Å²) in [6.45, 7) is 0.110. The van der Waals surface area contributed by atoms with Crippen LogP contribution < -0.4 is 0 Å². The van der Waals surface area contributed by atoms with Crippen LogP contribution in [0, 0.1) is 0 Å². The summed E-state index contributed by atoms with van der Waals surface area (Å²) in [6.07, 6.45) is -14.0. The fraction of sp³-hybridized carbons (Fsp3) is 0.265. The summed E-state index contributed by atoms with van der Waals surface area (Å²) in [5, 5.41) is 0. The van der Waals surface area contributed by atoms with E-state index in [0.29, 0.717) is 0 Å². The van der Waals surface area contributed by atoms with Crippen LogP contribution in [0.3, 0.4) is 0 Å². The highest BCUT2D eigenvalue weighted by Crippen LogP contribution is 2.35. The minimum atomic E-state index is -1.72. The van der Waals surface area contributed by atoms with E-state index in [4.69, 9.17) is 47.4 Å². The molecule has 0 bridgehead atoms. The average Bonchev–Trinajstić information content (AvgIpc) is 3.34. The first-order valence-electron chi connectivity index (χ1n) is 20.5. The van der Waals surface area contributed by atoms with E-state index in [2.05, 4.69) is 0 Å². The lowest BCUT2D eigenvalue weighted by atomic mass is 9.97. The van der Waals surface area contributed by atoms with E-state index in [1.54, 1.807) is 103 Å². The van der Waals surface area contributed by atoms with Gasteiger partial charge in [-0.15, -0.1) is 0 Å². The van der Waals surface area contributed by atoms with Gasteiger partial charge in [0.15, 0.2) is 49.2 Å². The predicted molar refractivity (Wildman–Crippen MR) is 225 cm³/mol. The Hall–Kier alpha value is -7.24. The van der Waals surface area contributed by atoms with Crippen LogP contribution in [0.4, 0.5) is 0 Å². The van der Waals surface area contributed by atoms with Crippen molar-refractivity contribution in [2.45, 2.75) is 62.2 Å². The zero-order valence-corrected chi connectivity index (χ0v) is 35.1. The van der Waals surface area contributed by atoms with Crippen LogP contribution in [0.5, 0.6) is 0 Å². The van der Waals surface area contributed by atoms with Crippen LogP contribution >= 0.6 is 0 Å². The third-order valence-electron chi connectivity index (χ3n) is 10.2. The van der Waals surface area contributed by atoms with Crippen LogP contribution in [0.1, 0.15) is 58.7 Å². The summed E-state index contributed by atoms with van der Waals surface area (Å²) in [5.41, 5.74) is 0.738. The minimum Gasteiger partial charge on any atom is -0.459 e. The number of carbonyl (C=O) groups excluding carboxylic acids is 6. The van der Waals surface area contributed by atoms with E-state index in [1.807, 2.05) is 0 Å². The zero-order valence-electron chi connectivity index (χ0n) is 35.1. The summed E-state index contributed by atoms with van der Waals surface area (Å²) >= 11 is 0. The molecule has 2 fully saturated rings. The highest BCUT2D eigenvalue weighted by molar-refractivity contribution is 5.92. The average molecular weight is 889 g/mol. The molecular weight excluding hydrogens is 845 g/mol. The molecule has 5 aromatic carbocycles. The van der Waals surface area contributed by atoms with Crippen molar-refractivity contribution in [1.82, 2.24) is 0 Å². The molecule has 2 saturated heterocycles. The van der Waals surface area contributed by atoms with Gasteiger partial charge in [-0.1, -0.05) is 91.0 Å². The molecule has 336 valence electrons. The second kappa shape index (κ2) is 21.9. The second-order valence-electron chi connectivity index (χ2n) is 14.6. The van der Waals surface area contributed by atoms with E-state index in [9.17, 15) is 28.8 Å². The molecule has 0 unspecified atom stereocenters. The fourth-order valence-electron chi connectivity index (χ4n) is 7.09. The van der Waals surface area contributed by atoms with Crippen LogP contribution in [0.2, 0.25) is 0 Å². The smallest absolute Gasteiger partial charge is 0.338 e. The number of benzene rings is 5. The molecule has 0 amide bonds. The topological polar surface area (TPSA) is 195 Å². The largest absolute Gasteiger partial charge is 0.459 e. The van der Waals surface area contributed by atoms with Gasteiger partial charge in [0.2, 0.25) is 0 Å². The van der Waals surface area contributed by atoms with E-state index in [1.165, 1.54) is 55.6 Å². The molecule has 9 atom stereocenters. The van der Waals surface area contributed by atoms with Crippen LogP contribution in [-0.2, 0) is 52.2 Å². The van der Waals surface area contributed by atoms with Gasteiger partial charge in [0.05, 0.1) is 34.4 Å².